The summed E-state index contributed by atoms with van der Waals surface area (Å²) in [6.45, 7) is 2.44. The van der Waals surface area contributed by atoms with E-state index >= 15 is 0 Å². The average Bonchev–Trinajstić information content (AvgIpc) is 2.82. The van der Waals surface area contributed by atoms with Gasteiger partial charge in [-0.1, -0.05) is 98.6 Å². The summed E-state index contributed by atoms with van der Waals surface area (Å²) >= 11 is 0. The maximum atomic E-state index is 12.7. The second-order valence-corrected chi connectivity index (χ2v) is 7.42. The molecule has 3 heteroatoms. The summed E-state index contributed by atoms with van der Waals surface area (Å²) in [5, 5.41) is 0. The van der Waals surface area contributed by atoms with Crippen molar-refractivity contribution in [1.82, 2.24) is 0 Å². The second kappa shape index (κ2) is 12.3. The average molecular weight is 412 g/mol. The van der Waals surface area contributed by atoms with Gasteiger partial charge in [0.25, 0.3) is 0 Å². The summed E-state index contributed by atoms with van der Waals surface area (Å²) in [5.74, 6) is -0.365. The molecule has 0 heterocycles. The van der Waals surface area contributed by atoms with Crippen LogP contribution in [0.15, 0.2) is 95.5 Å². The number of para-hydroxylation sites is 1. The Morgan fingerprint density at radius 3 is 2.29 bits per heavy atom. The van der Waals surface area contributed by atoms with E-state index in [1.54, 1.807) is 6.07 Å². The van der Waals surface area contributed by atoms with E-state index in [4.69, 9.17) is 4.74 Å². The lowest BCUT2D eigenvalue weighted by atomic mass is 10.0. The van der Waals surface area contributed by atoms with Crippen LogP contribution in [0.2, 0.25) is 0 Å². The molecule has 0 saturated heterocycles. The first kappa shape index (κ1) is 22.2. The van der Waals surface area contributed by atoms with Crippen LogP contribution in [0.3, 0.4) is 0 Å². The number of hydrogen-bond acceptors (Lipinski definition) is 3. The third-order valence-corrected chi connectivity index (χ3v) is 4.93. The minimum absolute atomic E-state index is 0.244. The van der Waals surface area contributed by atoms with Crippen LogP contribution in [0, 0.1) is 0 Å². The molecule has 0 amide bonds. The van der Waals surface area contributed by atoms with Crippen LogP contribution in [-0.4, -0.2) is 12.2 Å². The third kappa shape index (κ3) is 7.38. The van der Waals surface area contributed by atoms with E-state index in [1.165, 1.54) is 12.8 Å². The number of nitrogens with zero attached hydrogens (tertiary/aromatic N) is 1. The molecule has 3 nitrogen and oxygen atoms in total. The predicted octanol–water partition coefficient (Wildman–Crippen LogP) is 7.41. The quantitative estimate of drug-likeness (QED) is 0.198. The molecule has 0 unspecified atom stereocenters. The van der Waals surface area contributed by atoms with Crippen molar-refractivity contribution in [3.05, 3.63) is 107 Å². The smallest absolute Gasteiger partial charge is 0.340 e. The van der Waals surface area contributed by atoms with Gasteiger partial charge in [0.2, 0.25) is 0 Å². The van der Waals surface area contributed by atoms with E-state index < -0.39 is 0 Å². The van der Waals surface area contributed by atoms with Crippen LogP contribution in [0.25, 0.3) is 6.08 Å². The minimum Gasteiger partial charge on any atom is -0.457 e. The molecule has 3 rings (SSSR count). The van der Waals surface area contributed by atoms with Gasteiger partial charge in [0.05, 0.1) is 11.3 Å². The lowest BCUT2D eigenvalue weighted by Gasteiger charge is -2.08. The van der Waals surface area contributed by atoms with Gasteiger partial charge in [0.1, 0.15) is 6.61 Å². The molecule has 0 radical (unpaired) electrons. The van der Waals surface area contributed by atoms with Crippen LogP contribution >= 0.6 is 0 Å². The van der Waals surface area contributed by atoms with Gasteiger partial charge in [-0.2, -0.15) is 0 Å². The summed E-state index contributed by atoms with van der Waals surface area (Å²) in [6, 6.07) is 27.3. The van der Waals surface area contributed by atoms with Crippen LogP contribution in [-0.2, 0) is 11.3 Å². The summed E-state index contributed by atoms with van der Waals surface area (Å²) in [4.78, 5) is 17.3. The lowest BCUT2D eigenvalue weighted by Crippen LogP contribution is -2.05. The van der Waals surface area contributed by atoms with E-state index in [0.29, 0.717) is 11.3 Å². The Morgan fingerprint density at radius 1 is 0.871 bits per heavy atom. The van der Waals surface area contributed by atoms with Gasteiger partial charge in [0.15, 0.2) is 0 Å². The largest absolute Gasteiger partial charge is 0.457 e. The molecular weight excluding hydrogens is 382 g/mol. The maximum Gasteiger partial charge on any atom is 0.340 e. The van der Waals surface area contributed by atoms with E-state index in [9.17, 15) is 4.79 Å². The molecule has 0 saturated carbocycles. The van der Waals surface area contributed by atoms with Crippen molar-refractivity contribution < 1.29 is 9.53 Å². The molecule has 0 aromatic heterocycles. The fraction of sp³-hybridized carbons (Fsp3) is 0.214. The van der Waals surface area contributed by atoms with Gasteiger partial charge >= 0.3 is 5.97 Å². The molecule has 3 aromatic carbocycles. The zero-order valence-corrected chi connectivity index (χ0v) is 18.0. The van der Waals surface area contributed by atoms with Gasteiger partial charge in [0, 0.05) is 6.21 Å². The van der Waals surface area contributed by atoms with Crippen molar-refractivity contribution in [1.29, 1.82) is 0 Å². The van der Waals surface area contributed by atoms with Gasteiger partial charge in [-0.15, -0.1) is 0 Å². The van der Waals surface area contributed by atoms with Crippen LogP contribution < -0.4 is 0 Å². The topological polar surface area (TPSA) is 38.7 Å². The number of rotatable bonds is 10. The number of carbonyl (C=O) groups is 1. The zero-order chi connectivity index (χ0) is 21.7. The highest BCUT2D eigenvalue weighted by Gasteiger charge is 2.12. The number of unbranched alkanes of at least 4 members (excludes halogenated alkanes) is 2. The standard InChI is InChI=1S/C28H29NO2/c1-2-3-6-17-25(20-23-13-7-4-8-14-23)21-29-27-19-12-11-18-26(27)28(30)31-22-24-15-9-5-10-16-24/h4-5,7-16,18-21H,2-3,6,17,22H2,1H3/b25-20+,29-21?. The number of allylic oxidation sites excluding steroid dienone is 1. The van der Waals surface area contributed by atoms with E-state index in [1.807, 2.05) is 72.9 Å². The van der Waals surface area contributed by atoms with E-state index in [0.717, 1.165) is 29.5 Å². The highest BCUT2D eigenvalue weighted by atomic mass is 16.5. The van der Waals surface area contributed by atoms with Crippen molar-refractivity contribution in [2.75, 3.05) is 0 Å². The first-order valence-corrected chi connectivity index (χ1v) is 10.9. The van der Waals surface area contributed by atoms with Crippen molar-refractivity contribution in [3.63, 3.8) is 0 Å². The van der Waals surface area contributed by atoms with Crippen LogP contribution in [0.5, 0.6) is 0 Å². The molecule has 0 atom stereocenters. The molecule has 0 fully saturated rings. The molecule has 3 aromatic rings. The number of benzene rings is 3. The highest BCUT2D eigenvalue weighted by Crippen LogP contribution is 2.21. The van der Waals surface area contributed by atoms with Crippen molar-refractivity contribution in [3.8, 4) is 0 Å². The molecule has 0 aliphatic heterocycles. The summed E-state index contributed by atoms with van der Waals surface area (Å²) in [6.07, 6.45) is 8.46. The first-order chi connectivity index (χ1) is 15.3. The third-order valence-electron chi connectivity index (χ3n) is 4.93. The van der Waals surface area contributed by atoms with Gasteiger partial charge < -0.3 is 4.74 Å². The molecule has 0 N–H and O–H groups in total. The Bertz CT molecular complexity index is 1010. The fourth-order valence-corrected chi connectivity index (χ4v) is 3.23. The molecule has 0 aliphatic rings. The Morgan fingerprint density at radius 2 is 1.55 bits per heavy atom. The second-order valence-electron chi connectivity index (χ2n) is 7.42. The highest BCUT2D eigenvalue weighted by molar-refractivity contribution is 5.96. The predicted molar refractivity (Wildman–Crippen MR) is 129 cm³/mol. The Labute approximate surface area is 185 Å². The van der Waals surface area contributed by atoms with Gasteiger partial charge in [-0.25, -0.2) is 4.79 Å². The number of ether oxygens (including phenoxy) is 1. The van der Waals surface area contributed by atoms with Crippen molar-refractivity contribution >= 4 is 23.9 Å². The number of carbonyl (C=O) groups excluding carboxylic acids is 1. The Hall–Kier alpha value is -3.46. The Kier molecular flexibility index (Phi) is 8.81. The molecule has 0 bridgehead atoms. The van der Waals surface area contributed by atoms with Crippen LogP contribution in [0.4, 0.5) is 5.69 Å². The number of esters is 1. The summed E-state index contributed by atoms with van der Waals surface area (Å²) in [7, 11) is 0. The Balaban J connectivity index is 1.76. The maximum absolute atomic E-state index is 12.7. The van der Waals surface area contributed by atoms with E-state index in [2.05, 4.69) is 30.1 Å². The molecule has 158 valence electrons. The van der Waals surface area contributed by atoms with Gasteiger partial charge in [-0.3, -0.25) is 4.99 Å². The minimum atomic E-state index is -0.365. The SMILES string of the molecule is CCCCC/C(C=Nc1ccccc1C(=O)OCc1ccccc1)=C\c1ccccc1. The first-order valence-electron chi connectivity index (χ1n) is 10.9. The summed E-state index contributed by atoms with van der Waals surface area (Å²) < 4.78 is 5.51. The van der Waals surface area contributed by atoms with Crippen molar-refractivity contribution in [2.45, 2.75) is 39.2 Å². The molecule has 31 heavy (non-hydrogen) atoms. The lowest BCUT2D eigenvalue weighted by molar-refractivity contribution is 0.0474. The summed E-state index contributed by atoms with van der Waals surface area (Å²) in [5.41, 5.74) is 4.35. The molecule has 0 aliphatic carbocycles. The number of aliphatic imine (C=N–C) groups is 1. The van der Waals surface area contributed by atoms with Crippen molar-refractivity contribution in [2.24, 2.45) is 4.99 Å². The normalized spacial score (nSPS) is 11.6. The fourth-order valence-electron chi connectivity index (χ4n) is 3.23. The molecule has 0 spiro atoms. The van der Waals surface area contributed by atoms with Crippen LogP contribution in [0.1, 0.15) is 54.1 Å². The zero-order valence-electron chi connectivity index (χ0n) is 18.0. The monoisotopic (exact) mass is 411 g/mol. The number of hydrogen-bond donors (Lipinski definition) is 0. The van der Waals surface area contributed by atoms with Gasteiger partial charge in [-0.05, 0) is 41.7 Å². The molecular formula is C28H29NO2. The van der Waals surface area contributed by atoms with E-state index in [-0.39, 0.29) is 12.6 Å².